The Bertz CT molecular complexity index is 403. The highest BCUT2D eigenvalue weighted by Gasteiger charge is 2.28. The van der Waals surface area contributed by atoms with Crippen LogP contribution in [0.2, 0.25) is 0 Å². The SMILES string of the molecule is NCCN(C(=O)Nc1ccc(F)cc1)C1CCC1. The van der Waals surface area contributed by atoms with Crippen molar-refractivity contribution >= 4 is 11.7 Å². The summed E-state index contributed by atoms with van der Waals surface area (Å²) in [7, 11) is 0. The van der Waals surface area contributed by atoms with Gasteiger partial charge in [-0.1, -0.05) is 0 Å². The number of hydrogen-bond donors (Lipinski definition) is 2. The van der Waals surface area contributed by atoms with Crippen LogP contribution in [0.5, 0.6) is 0 Å². The van der Waals surface area contributed by atoms with Gasteiger partial charge in [-0.25, -0.2) is 9.18 Å². The molecule has 2 amide bonds. The first-order valence-corrected chi connectivity index (χ1v) is 6.24. The molecular weight excluding hydrogens is 233 g/mol. The van der Waals surface area contributed by atoms with E-state index in [9.17, 15) is 9.18 Å². The number of halogens is 1. The van der Waals surface area contributed by atoms with Gasteiger partial charge in [0.25, 0.3) is 0 Å². The largest absolute Gasteiger partial charge is 0.329 e. The van der Waals surface area contributed by atoms with E-state index in [0.29, 0.717) is 24.8 Å². The molecule has 98 valence electrons. The molecule has 18 heavy (non-hydrogen) atoms. The second-order valence-electron chi connectivity index (χ2n) is 4.50. The van der Waals surface area contributed by atoms with E-state index in [-0.39, 0.29) is 11.8 Å². The van der Waals surface area contributed by atoms with Crippen LogP contribution in [0.1, 0.15) is 19.3 Å². The number of rotatable bonds is 4. The van der Waals surface area contributed by atoms with Gasteiger partial charge in [-0.2, -0.15) is 0 Å². The van der Waals surface area contributed by atoms with Gasteiger partial charge in [-0.15, -0.1) is 0 Å². The second kappa shape index (κ2) is 5.82. The first kappa shape index (κ1) is 12.8. The van der Waals surface area contributed by atoms with E-state index in [1.807, 2.05) is 0 Å². The maximum absolute atomic E-state index is 12.8. The molecule has 0 unspecified atom stereocenters. The average Bonchev–Trinajstić information content (AvgIpc) is 2.29. The van der Waals surface area contributed by atoms with Gasteiger partial charge in [0.1, 0.15) is 5.82 Å². The number of nitrogens with two attached hydrogens (primary N) is 1. The first-order chi connectivity index (χ1) is 8.70. The Kier molecular flexibility index (Phi) is 4.15. The first-order valence-electron chi connectivity index (χ1n) is 6.24. The molecule has 0 atom stereocenters. The van der Waals surface area contributed by atoms with E-state index in [0.717, 1.165) is 19.3 Å². The summed E-state index contributed by atoms with van der Waals surface area (Å²) in [6.07, 6.45) is 3.24. The van der Waals surface area contributed by atoms with Gasteiger partial charge in [0.2, 0.25) is 0 Å². The zero-order valence-electron chi connectivity index (χ0n) is 10.2. The maximum atomic E-state index is 12.8. The standard InChI is InChI=1S/C13H18FN3O/c14-10-4-6-11(7-5-10)16-13(18)17(9-8-15)12-2-1-3-12/h4-7,12H,1-3,8-9,15H2,(H,16,18). The van der Waals surface area contributed by atoms with E-state index in [4.69, 9.17) is 5.73 Å². The number of carbonyl (C=O) groups excluding carboxylic acids is 1. The Hall–Kier alpha value is -1.62. The van der Waals surface area contributed by atoms with E-state index < -0.39 is 0 Å². The normalized spacial score (nSPS) is 15.0. The number of amides is 2. The molecule has 0 aromatic heterocycles. The molecule has 3 N–H and O–H groups in total. The predicted molar refractivity (Wildman–Crippen MR) is 68.8 cm³/mol. The quantitative estimate of drug-likeness (QED) is 0.861. The summed E-state index contributed by atoms with van der Waals surface area (Å²) in [5, 5.41) is 2.77. The molecule has 1 aliphatic rings. The summed E-state index contributed by atoms with van der Waals surface area (Å²) < 4.78 is 12.8. The lowest BCUT2D eigenvalue weighted by atomic mass is 9.91. The van der Waals surface area contributed by atoms with Crippen LogP contribution in [0, 0.1) is 5.82 Å². The van der Waals surface area contributed by atoms with Crippen molar-refractivity contribution in [3.8, 4) is 0 Å². The summed E-state index contributed by atoms with van der Waals surface area (Å²) in [6.45, 7) is 1.00. The summed E-state index contributed by atoms with van der Waals surface area (Å²) in [5.41, 5.74) is 6.13. The highest BCUT2D eigenvalue weighted by molar-refractivity contribution is 5.89. The van der Waals surface area contributed by atoms with Crippen LogP contribution >= 0.6 is 0 Å². The molecule has 2 rings (SSSR count). The van der Waals surface area contributed by atoms with Crippen LogP contribution in [-0.4, -0.2) is 30.1 Å². The molecule has 0 radical (unpaired) electrons. The maximum Gasteiger partial charge on any atom is 0.322 e. The van der Waals surface area contributed by atoms with Crippen molar-refractivity contribution < 1.29 is 9.18 Å². The Morgan fingerprint density at radius 2 is 2.06 bits per heavy atom. The van der Waals surface area contributed by atoms with Crippen molar-refractivity contribution in [1.82, 2.24) is 4.90 Å². The molecule has 0 spiro atoms. The minimum atomic E-state index is -0.314. The third-order valence-corrected chi connectivity index (χ3v) is 3.24. The second-order valence-corrected chi connectivity index (χ2v) is 4.50. The third-order valence-electron chi connectivity index (χ3n) is 3.24. The van der Waals surface area contributed by atoms with Crippen molar-refractivity contribution in [3.05, 3.63) is 30.1 Å². The lowest BCUT2D eigenvalue weighted by Crippen LogP contribution is -2.48. The van der Waals surface area contributed by atoms with Gasteiger partial charge in [-0.3, -0.25) is 0 Å². The van der Waals surface area contributed by atoms with Crippen LogP contribution < -0.4 is 11.1 Å². The van der Waals surface area contributed by atoms with Crippen molar-refractivity contribution in [3.63, 3.8) is 0 Å². The van der Waals surface area contributed by atoms with Crippen LogP contribution in [0.3, 0.4) is 0 Å². The summed E-state index contributed by atoms with van der Waals surface area (Å²) in [4.78, 5) is 13.9. The van der Waals surface area contributed by atoms with Gasteiger partial charge < -0.3 is 16.0 Å². The smallest absolute Gasteiger partial charge is 0.322 e. The molecule has 1 aromatic carbocycles. The molecule has 0 saturated heterocycles. The molecule has 0 heterocycles. The van der Waals surface area contributed by atoms with E-state index in [2.05, 4.69) is 5.32 Å². The molecule has 0 aliphatic heterocycles. The van der Waals surface area contributed by atoms with Gasteiger partial charge in [0.05, 0.1) is 0 Å². The Morgan fingerprint density at radius 1 is 1.39 bits per heavy atom. The fraction of sp³-hybridized carbons (Fsp3) is 0.462. The number of nitrogens with one attached hydrogen (secondary N) is 1. The highest BCUT2D eigenvalue weighted by atomic mass is 19.1. The minimum Gasteiger partial charge on any atom is -0.329 e. The van der Waals surface area contributed by atoms with Crippen LogP contribution in [-0.2, 0) is 0 Å². The molecular formula is C13H18FN3O. The van der Waals surface area contributed by atoms with Crippen LogP contribution in [0.4, 0.5) is 14.9 Å². The van der Waals surface area contributed by atoms with Gasteiger partial charge in [0.15, 0.2) is 0 Å². The lowest BCUT2D eigenvalue weighted by Gasteiger charge is -2.37. The van der Waals surface area contributed by atoms with Crippen LogP contribution in [0.15, 0.2) is 24.3 Å². The summed E-state index contributed by atoms with van der Waals surface area (Å²) >= 11 is 0. The Labute approximate surface area is 106 Å². The molecule has 1 aromatic rings. The predicted octanol–water partition coefficient (Wildman–Crippen LogP) is 2.17. The van der Waals surface area contributed by atoms with E-state index in [1.54, 1.807) is 17.0 Å². The molecule has 5 heteroatoms. The Balaban J connectivity index is 1.97. The number of nitrogens with zero attached hydrogens (tertiary/aromatic N) is 1. The zero-order chi connectivity index (χ0) is 13.0. The van der Waals surface area contributed by atoms with Crippen molar-refractivity contribution in [2.75, 3.05) is 18.4 Å². The van der Waals surface area contributed by atoms with Crippen molar-refractivity contribution in [2.24, 2.45) is 5.73 Å². The summed E-state index contributed by atoms with van der Waals surface area (Å²) in [6, 6.07) is 5.90. The summed E-state index contributed by atoms with van der Waals surface area (Å²) in [5.74, 6) is -0.314. The minimum absolute atomic E-state index is 0.156. The molecule has 1 aliphatic carbocycles. The van der Waals surface area contributed by atoms with Gasteiger partial charge in [0, 0.05) is 24.8 Å². The number of hydrogen-bond acceptors (Lipinski definition) is 2. The molecule has 1 saturated carbocycles. The average molecular weight is 251 g/mol. The van der Waals surface area contributed by atoms with Gasteiger partial charge in [-0.05, 0) is 43.5 Å². The molecule has 1 fully saturated rings. The molecule has 0 bridgehead atoms. The highest BCUT2D eigenvalue weighted by Crippen LogP contribution is 2.25. The zero-order valence-corrected chi connectivity index (χ0v) is 10.2. The Morgan fingerprint density at radius 3 is 2.56 bits per heavy atom. The van der Waals surface area contributed by atoms with E-state index >= 15 is 0 Å². The number of carbonyl (C=O) groups is 1. The fourth-order valence-corrected chi connectivity index (χ4v) is 2.02. The van der Waals surface area contributed by atoms with Crippen LogP contribution in [0.25, 0.3) is 0 Å². The number of benzene rings is 1. The van der Waals surface area contributed by atoms with E-state index in [1.165, 1.54) is 12.1 Å². The number of urea groups is 1. The third kappa shape index (κ3) is 2.98. The van der Waals surface area contributed by atoms with Crippen molar-refractivity contribution in [1.29, 1.82) is 0 Å². The van der Waals surface area contributed by atoms with Gasteiger partial charge >= 0.3 is 6.03 Å². The monoisotopic (exact) mass is 251 g/mol. The fourth-order valence-electron chi connectivity index (χ4n) is 2.02. The van der Waals surface area contributed by atoms with Crippen molar-refractivity contribution in [2.45, 2.75) is 25.3 Å². The lowest BCUT2D eigenvalue weighted by molar-refractivity contribution is 0.151. The molecule has 4 nitrogen and oxygen atoms in total. The number of anilines is 1. The topological polar surface area (TPSA) is 58.4 Å².